The highest BCUT2D eigenvalue weighted by Gasteiger charge is 2.53. The molecule has 1 atom stereocenters. The van der Waals surface area contributed by atoms with E-state index in [-0.39, 0.29) is 0 Å². The van der Waals surface area contributed by atoms with E-state index >= 15 is 0 Å². The maximum Gasteiger partial charge on any atom is 0.0466 e. The van der Waals surface area contributed by atoms with Crippen LogP contribution in [0.2, 0.25) is 0 Å². The zero-order chi connectivity index (χ0) is 11.3. The summed E-state index contributed by atoms with van der Waals surface area (Å²) in [6.45, 7) is 16.8. The van der Waals surface area contributed by atoms with Crippen LogP contribution in [0.4, 0.5) is 0 Å². The van der Waals surface area contributed by atoms with Crippen LogP contribution in [0.5, 0.6) is 0 Å². The SMILES string of the molecule is CCN1CC(C)CC12CN(C(C)(C)C)C2. The highest BCUT2D eigenvalue weighted by atomic mass is 15.4. The van der Waals surface area contributed by atoms with Gasteiger partial charge in [0.2, 0.25) is 0 Å². The van der Waals surface area contributed by atoms with Crippen LogP contribution in [0.25, 0.3) is 0 Å². The molecule has 15 heavy (non-hydrogen) atoms. The molecule has 1 spiro atoms. The Bertz CT molecular complexity index is 235. The first-order chi connectivity index (χ1) is 6.87. The van der Waals surface area contributed by atoms with Gasteiger partial charge in [0.15, 0.2) is 0 Å². The van der Waals surface area contributed by atoms with Crippen molar-refractivity contribution in [2.45, 2.75) is 52.1 Å². The molecule has 0 aromatic carbocycles. The lowest BCUT2D eigenvalue weighted by molar-refractivity contribution is -0.0735. The predicted octanol–water partition coefficient (Wildman–Crippen LogP) is 2.20. The summed E-state index contributed by atoms with van der Waals surface area (Å²) in [6.07, 6.45) is 1.41. The van der Waals surface area contributed by atoms with Crippen molar-refractivity contribution in [1.29, 1.82) is 0 Å². The molecule has 0 saturated carbocycles. The maximum atomic E-state index is 2.71. The van der Waals surface area contributed by atoms with Crippen LogP contribution < -0.4 is 0 Å². The number of likely N-dealkylation sites (N-methyl/N-ethyl adjacent to an activating group) is 1. The Morgan fingerprint density at radius 3 is 2.33 bits per heavy atom. The van der Waals surface area contributed by atoms with Gasteiger partial charge in [-0.25, -0.2) is 0 Å². The molecule has 0 N–H and O–H groups in total. The predicted molar refractivity (Wildman–Crippen MR) is 65.1 cm³/mol. The monoisotopic (exact) mass is 210 g/mol. The molecule has 0 aromatic rings. The molecule has 0 radical (unpaired) electrons. The minimum absolute atomic E-state index is 0.358. The third-order valence-electron chi connectivity index (χ3n) is 4.23. The summed E-state index contributed by atoms with van der Waals surface area (Å²) < 4.78 is 0. The second-order valence-corrected chi connectivity index (χ2v) is 6.60. The molecule has 0 bridgehead atoms. The van der Waals surface area contributed by atoms with Crippen LogP contribution in [0.3, 0.4) is 0 Å². The molecule has 2 nitrogen and oxygen atoms in total. The van der Waals surface area contributed by atoms with Gasteiger partial charge < -0.3 is 0 Å². The van der Waals surface area contributed by atoms with Crippen molar-refractivity contribution in [3.05, 3.63) is 0 Å². The molecule has 2 aliphatic heterocycles. The number of rotatable bonds is 1. The molecule has 88 valence electrons. The van der Waals surface area contributed by atoms with Gasteiger partial charge in [-0.2, -0.15) is 0 Å². The minimum Gasteiger partial charge on any atom is -0.295 e. The van der Waals surface area contributed by atoms with E-state index in [9.17, 15) is 0 Å². The third kappa shape index (κ3) is 1.83. The Hall–Kier alpha value is -0.0800. The van der Waals surface area contributed by atoms with Gasteiger partial charge in [-0.05, 0) is 39.7 Å². The van der Waals surface area contributed by atoms with Crippen molar-refractivity contribution in [1.82, 2.24) is 9.80 Å². The molecular formula is C13H26N2. The zero-order valence-electron chi connectivity index (χ0n) is 11.0. The molecule has 2 aliphatic rings. The minimum atomic E-state index is 0.358. The maximum absolute atomic E-state index is 2.71. The van der Waals surface area contributed by atoms with Crippen molar-refractivity contribution in [3.8, 4) is 0 Å². The number of nitrogens with zero attached hydrogens (tertiary/aromatic N) is 2. The summed E-state index contributed by atoms with van der Waals surface area (Å²) in [6, 6.07) is 0. The fraction of sp³-hybridized carbons (Fsp3) is 1.00. The summed E-state index contributed by atoms with van der Waals surface area (Å²) >= 11 is 0. The molecule has 2 fully saturated rings. The Morgan fingerprint density at radius 1 is 1.27 bits per heavy atom. The van der Waals surface area contributed by atoms with Gasteiger partial charge in [0.25, 0.3) is 0 Å². The molecule has 2 saturated heterocycles. The van der Waals surface area contributed by atoms with Gasteiger partial charge in [-0.15, -0.1) is 0 Å². The van der Waals surface area contributed by atoms with Crippen LogP contribution in [0.1, 0.15) is 41.0 Å². The lowest BCUT2D eigenvalue weighted by Crippen LogP contribution is -2.71. The molecular weight excluding hydrogens is 184 g/mol. The van der Waals surface area contributed by atoms with E-state index in [1.165, 1.54) is 32.6 Å². The van der Waals surface area contributed by atoms with E-state index in [0.29, 0.717) is 11.1 Å². The van der Waals surface area contributed by atoms with Gasteiger partial charge in [0.05, 0.1) is 0 Å². The highest BCUT2D eigenvalue weighted by Crippen LogP contribution is 2.42. The van der Waals surface area contributed by atoms with E-state index in [1.54, 1.807) is 0 Å². The topological polar surface area (TPSA) is 6.48 Å². The molecule has 0 aliphatic carbocycles. The third-order valence-corrected chi connectivity index (χ3v) is 4.23. The summed E-state index contributed by atoms with van der Waals surface area (Å²) in [5.74, 6) is 0.895. The molecule has 2 heterocycles. The molecule has 2 rings (SSSR count). The summed E-state index contributed by atoms with van der Waals surface area (Å²) in [5.41, 5.74) is 0.901. The van der Waals surface area contributed by atoms with E-state index < -0.39 is 0 Å². The smallest absolute Gasteiger partial charge is 0.0466 e. The Kier molecular flexibility index (Phi) is 2.63. The Labute approximate surface area is 94.6 Å². The number of hydrogen-bond donors (Lipinski definition) is 0. The Balaban J connectivity index is 2.01. The zero-order valence-corrected chi connectivity index (χ0v) is 11.0. The normalized spacial score (nSPS) is 32.2. The quantitative estimate of drug-likeness (QED) is 0.654. The average Bonchev–Trinajstić information content (AvgIpc) is 2.37. The molecule has 2 heteroatoms. The molecule has 0 amide bonds. The van der Waals surface area contributed by atoms with E-state index in [4.69, 9.17) is 0 Å². The first-order valence-electron chi connectivity index (χ1n) is 6.37. The molecule has 0 aromatic heterocycles. The lowest BCUT2D eigenvalue weighted by atomic mass is 9.81. The summed E-state index contributed by atoms with van der Waals surface area (Å²) in [7, 11) is 0. The van der Waals surface area contributed by atoms with Crippen molar-refractivity contribution >= 4 is 0 Å². The highest BCUT2D eigenvalue weighted by molar-refractivity contribution is 5.10. The van der Waals surface area contributed by atoms with Crippen LogP contribution in [0.15, 0.2) is 0 Å². The fourth-order valence-electron chi connectivity index (χ4n) is 3.34. The van der Waals surface area contributed by atoms with Crippen molar-refractivity contribution in [2.24, 2.45) is 5.92 Å². The van der Waals surface area contributed by atoms with Crippen LogP contribution in [0, 0.1) is 5.92 Å². The largest absolute Gasteiger partial charge is 0.295 e. The van der Waals surface area contributed by atoms with Crippen LogP contribution >= 0.6 is 0 Å². The second kappa shape index (κ2) is 3.46. The van der Waals surface area contributed by atoms with Gasteiger partial charge in [-0.1, -0.05) is 13.8 Å². The van der Waals surface area contributed by atoms with Gasteiger partial charge in [0.1, 0.15) is 0 Å². The summed E-state index contributed by atoms with van der Waals surface area (Å²) in [4.78, 5) is 5.33. The van der Waals surface area contributed by atoms with E-state index in [2.05, 4.69) is 44.4 Å². The van der Waals surface area contributed by atoms with Crippen molar-refractivity contribution in [3.63, 3.8) is 0 Å². The lowest BCUT2D eigenvalue weighted by Gasteiger charge is -2.57. The number of likely N-dealkylation sites (tertiary alicyclic amines) is 2. The van der Waals surface area contributed by atoms with Crippen molar-refractivity contribution < 1.29 is 0 Å². The van der Waals surface area contributed by atoms with Gasteiger partial charge >= 0.3 is 0 Å². The standard InChI is InChI=1S/C13H26N2/c1-6-14-8-11(2)7-13(14)9-15(10-13)12(3,4)5/h11H,6-10H2,1-5H3. The fourth-order valence-corrected chi connectivity index (χ4v) is 3.34. The number of hydrogen-bond acceptors (Lipinski definition) is 2. The molecule has 1 unspecified atom stereocenters. The first kappa shape index (κ1) is 11.4. The Morgan fingerprint density at radius 2 is 1.87 bits per heavy atom. The van der Waals surface area contributed by atoms with Crippen molar-refractivity contribution in [2.75, 3.05) is 26.2 Å². The second-order valence-electron chi connectivity index (χ2n) is 6.60. The van der Waals surface area contributed by atoms with Gasteiger partial charge in [0, 0.05) is 30.7 Å². The summed E-state index contributed by atoms with van der Waals surface area (Å²) in [5, 5.41) is 0. The first-order valence-corrected chi connectivity index (χ1v) is 6.37. The van der Waals surface area contributed by atoms with Gasteiger partial charge in [-0.3, -0.25) is 9.80 Å². The van der Waals surface area contributed by atoms with Crippen LogP contribution in [-0.4, -0.2) is 47.1 Å². The average molecular weight is 210 g/mol. The van der Waals surface area contributed by atoms with E-state index in [1.807, 2.05) is 0 Å². The van der Waals surface area contributed by atoms with E-state index in [0.717, 1.165) is 5.92 Å². The van der Waals surface area contributed by atoms with Crippen LogP contribution in [-0.2, 0) is 0 Å².